The molecule has 0 fully saturated rings. The zero-order chi connectivity index (χ0) is 19.3. The summed E-state index contributed by atoms with van der Waals surface area (Å²) in [4.78, 5) is 33.1. The minimum Gasteiger partial charge on any atom is -0.273 e. The number of hydrogen-bond donors (Lipinski definition) is 2. The van der Waals surface area contributed by atoms with E-state index >= 15 is 0 Å². The van der Waals surface area contributed by atoms with Crippen molar-refractivity contribution >= 4 is 23.6 Å². The first kappa shape index (κ1) is 19.9. The number of thioether (sulfide) groups is 1. The minimum absolute atomic E-state index is 0.247. The van der Waals surface area contributed by atoms with Crippen molar-refractivity contribution in [2.45, 2.75) is 45.7 Å². The molecule has 2 aromatic rings. The Bertz CT molecular complexity index is 813. The Hall–Kier alpha value is -2.41. The minimum atomic E-state index is -0.323. The molecule has 1 aromatic heterocycles. The van der Waals surface area contributed by atoms with Gasteiger partial charge in [0.2, 0.25) is 5.91 Å². The average molecular weight is 372 g/mol. The highest BCUT2D eigenvalue weighted by atomic mass is 32.2. The summed E-state index contributed by atoms with van der Waals surface area (Å²) < 4.78 is 0. The Morgan fingerprint density at radius 3 is 2.27 bits per heavy atom. The van der Waals surface area contributed by atoms with Gasteiger partial charge in [-0.05, 0) is 57.6 Å². The lowest BCUT2D eigenvalue weighted by molar-refractivity contribution is -0.121. The molecule has 0 bridgehead atoms. The van der Waals surface area contributed by atoms with E-state index in [0.717, 1.165) is 33.2 Å². The van der Waals surface area contributed by atoms with Gasteiger partial charge in [0, 0.05) is 23.4 Å². The van der Waals surface area contributed by atoms with Crippen molar-refractivity contribution in [2.75, 3.05) is 6.26 Å². The third-order valence-corrected chi connectivity index (χ3v) is 4.67. The van der Waals surface area contributed by atoms with E-state index in [9.17, 15) is 9.59 Å². The average Bonchev–Trinajstić information content (AvgIpc) is 2.58. The lowest BCUT2D eigenvalue weighted by Gasteiger charge is -2.11. The summed E-state index contributed by atoms with van der Waals surface area (Å²) in [5.41, 5.74) is 10.2. The lowest BCUT2D eigenvalue weighted by atomic mass is 10.1. The normalized spacial score (nSPS) is 10.5. The number of nitrogens with zero attached hydrogens (tertiary/aromatic N) is 2. The molecular weight excluding hydrogens is 348 g/mol. The largest absolute Gasteiger partial charge is 0.273 e. The number of hydrazine groups is 1. The van der Waals surface area contributed by atoms with Crippen LogP contribution in [0.4, 0.5) is 0 Å². The molecule has 0 saturated heterocycles. The predicted octanol–water partition coefficient (Wildman–Crippen LogP) is 2.83. The molecule has 0 aliphatic heterocycles. The number of carbonyl (C=O) groups excluding carboxylic acids is 2. The Morgan fingerprint density at radius 1 is 1.04 bits per heavy atom. The Kier molecular flexibility index (Phi) is 6.74. The Morgan fingerprint density at radius 2 is 1.69 bits per heavy atom. The smallest absolute Gasteiger partial charge is 0.269 e. The number of carbonyl (C=O) groups is 2. The van der Waals surface area contributed by atoms with Crippen LogP contribution >= 0.6 is 11.8 Å². The summed E-state index contributed by atoms with van der Waals surface area (Å²) in [5.74, 6) is -0.577. The first-order chi connectivity index (χ1) is 12.3. The molecule has 138 valence electrons. The van der Waals surface area contributed by atoms with Crippen LogP contribution in [0, 0.1) is 27.7 Å². The van der Waals surface area contributed by atoms with Crippen LogP contribution < -0.4 is 10.9 Å². The summed E-state index contributed by atoms with van der Waals surface area (Å²) in [6.07, 6.45) is 2.70. The van der Waals surface area contributed by atoms with Crippen LogP contribution in [-0.2, 0) is 11.2 Å². The van der Waals surface area contributed by atoms with Gasteiger partial charge < -0.3 is 0 Å². The van der Waals surface area contributed by atoms with E-state index in [1.807, 2.05) is 46.1 Å². The van der Waals surface area contributed by atoms with Crippen molar-refractivity contribution < 1.29 is 9.59 Å². The van der Waals surface area contributed by atoms with Gasteiger partial charge in [-0.3, -0.25) is 20.4 Å². The fraction of sp³-hybridized carbons (Fsp3) is 0.368. The maximum atomic E-state index is 12.2. The zero-order valence-corrected chi connectivity index (χ0v) is 16.6. The van der Waals surface area contributed by atoms with Crippen molar-refractivity contribution in [2.24, 2.45) is 0 Å². The van der Waals surface area contributed by atoms with Gasteiger partial charge in [-0.25, -0.2) is 9.97 Å². The molecule has 26 heavy (non-hydrogen) atoms. The molecule has 0 aliphatic carbocycles. The van der Waals surface area contributed by atoms with Gasteiger partial charge in [0.05, 0.1) is 0 Å². The second-order valence-electron chi connectivity index (χ2n) is 6.18. The van der Waals surface area contributed by atoms with Crippen LogP contribution in [0.25, 0.3) is 0 Å². The molecule has 1 aromatic carbocycles. The van der Waals surface area contributed by atoms with Crippen molar-refractivity contribution in [1.29, 1.82) is 0 Å². The monoisotopic (exact) mass is 372 g/mol. The highest BCUT2D eigenvalue weighted by Gasteiger charge is 2.12. The van der Waals surface area contributed by atoms with Gasteiger partial charge in [-0.1, -0.05) is 29.5 Å². The standard InChI is InChI=1S/C19H24N4O2S/c1-11-6-7-15(12(2)10-11)18(25)23-22-17(24)9-8-16-13(3)20-19(26-5)21-14(16)4/h6-7,10H,8-9H2,1-5H3,(H,22,24)(H,23,25). The summed E-state index contributed by atoms with van der Waals surface area (Å²) in [6.45, 7) is 7.68. The van der Waals surface area contributed by atoms with E-state index < -0.39 is 0 Å². The van der Waals surface area contributed by atoms with E-state index in [-0.39, 0.29) is 18.2 Å². The molecule has 2 rings (SSSR count). The number of aryl methyl sites for hydroxylation is 4. The van der Waals surface area contributed by atoms with Gasteiger partial charge in [-0.15, -0.1) is 0 Å². The molecule has 0 aliphatic rings. The van der Waals surface area contributed by atoms with Crippen LogP contribution in [0.1, 0.15) is 44.9 Å². The van der Waals surface area contributed by atoms with Gasteiger partial charge in [0.25, 0.3) is 5.91 Å². The summed E-state index contributed by atoms with van der Waals surface area (Å²) >= 11 is 1.49. The number of benzene rings is 1. The molecule has 7 heteroatoms. The van der Waals surface area contributed by atoms with Crippen LogP contribution in [0.3, 0.4) is 0 Å². The molecular formula is C19H24N4O2S. The van der Waals surface area contributed by atoms with Gasteiger partial charge in [0.15, 0.2) is 5.16 Å². The molecule has 6 nitrogen and oxygen atoms in total. The quantitative estimate of drug-likeness (QED) is 0.479. The van der Waals surface area contributed by atoms with E-state index in [4.69, 9.17) is 0 Å². The van der Waals surface area contributed by atoms with E-state index in [2.05, 4.69) is 20.8 Å². The fourth-order valence-electron chi connectivity index (χ4n) is 2.72. The maximum absolute atomic E-state index is 12.2. The Balaban J connectivity index is 1.90. The highest BCUT2D eigenvalue weighted by molar-refractivity contribution is 7.98. The van der Waals surface area contributed by atoms with Gasteiger partial charge >= 0.3 is 0 Å². The predicted molar refractivity (Wildman–Crippen MR) is 103 cm³/mol. The topological polar surface area (TPSA) is 84.0 Å². The maximum Gasteiger partial charge on any atom is 0.269 e. The summed E-state index contributed by atoms with van der Waals surface area (Å²) in [6, 6.07) is 5.55. The summed E-state index contributed by atoms with van der Waals surface area (Å²) in [5, 5.41) is 0.730. The third-order valence-electron chi connectivity index (χ3n) is 4.13. The van der Waals surface area contributed by atoms with E-state index in [1.54, 1.807) is 6.07 Å². The Labute approximate surface area is 158 Å². The SMILES string of the molecule is CSc1nc(C)c(CCC(=O)NNC(=O)c2ccc(C)cc2C)c(C)n1. The zero-order valence-electron chi connectivity index (χ0n) is 15.8. The molecule has 2 N–H and O–H groups in total. The molecule has 0 atom stereocenters. The van der Waals surface area contributed by atoms with Crippen molar-refractivity contribution in [3.8, 4) is 0 Å². The molecule has 1 heterocycles. The second kappa shape index (κ2) is 8.80. The number of aromatic nitrogens is 2. The first-order valence-electron chi connectivity index (χ1n) is 8.36. The number of hydrogen-bond acceptors (Lipinski definition) is 5. The van der Waals surface area contributed by atoms with Crippen LogP contribution in [0.15, 0.2) is 23.4 Å². The van der Waals surface area contributed by atoms with Crippen molar-refractivity contribution in [1.82, 2.24) is 20.8 Å². The van der Waals surface area contributed by atoms with Crippen LogP contribution in [0.5, 0.6) is 0 Å². The van der Waals surface area contributed by atoms with E-state index in [1.165, 1.54) is 11.8 Å². The van der Waals surface area contributed by atoms with Gasteiger partial charge in [-0.2, -0.15) is 0 Å². The number of amides is 2. The van der Waals surface area contributed by atoms with Crippen LogP contribution in [0.2, 0.25) is 0 Å². The molecule has 0 saturated carbocycles. The summed E-state index contributed by atoms with van der Waals surface area (Å²) in [7, 11) is 0. The van der Waals surface area contributed by atoms with Crippen molar-refractivity contribution in [3.05, 3.63) is 51.8 Å². The fourth-order valence-corrected chi connectivity index (χ4v) is 3.18. The second-order valence-corrected chi connectivity index (χ2v) is 6.95. The molecule has 0 radical (unpaired) electrons. The van der Waals surface area contributed by atoms with Crippen molar-refractivity contribution in [3.63, 3.8) is 0 Å². The first-order valence-corrected chi connectivity index (χ1v) is 9.58. The highest BCUT2D eigenvalue weighted by Crippen LogP contribution is 2.17. The number of rotatable bonds is 5. The molecule has 0 spiro atoms. The van der Waals surface area contributed by atoms with E-state index in [0.29, 0.717) is 12.0 Å². The van der Waals surface area contributed by atoms with Gasteiger partial charge in [0.1, 0.15) is 0 Å². The lowest BCUT2D eigenvalue weighted by Crippen LogP contribution is -2.42. The third kappa shape index (κ3) is 5.05. The van der Waals surface area contributed by atoms with Crippen LogP contribution in [-0.4, -0.2) is 28.0 Å². The number of nitrogens with one attached hydrogen (secondary N) is 2. The molecule has 0 unspecified atom stereocenters. The molecule has 2 amide bonds.